The maximum absolute atomic E-state index is 12.5. The van der Waals surface area contributed by atoms with Gasteiger partial charge in [-0.15, -0.1) is 0 Å². The first-order chi connectivity index (χ1) is 8.03. The fraction of sp³-hybridized carbons (Fsp3) is 0.929. The quantitative estimate of drug-likeness (QED) is 0.712. The van der Waals surface area contributed by atoms with Crippen LogP contribution in [0.1, 0.15) is 58.8 Å². The summed E-state index contributed by atoms with van der Waals surface area (Å²) < 4.78 is 0. The summed E-state index contributed by atoms with van der Waals surface area (Å²) in [7, 11) is 0. The number of nitrogens with two attached hydrogens (primary N) is 1. The lowest BCUT2D eigenvalue weighted by atomic mass is 9.78. The van der Waals surface area contributed by atoms with Gasteiger partial charge in [-0.1, -0.05) is 25.7 Å². The molecule has 2 fully saturated rings. The lowest BCUT2D eigenvalue weighted by Gasteiger charge is -2.45. The molecular weight excluding hydrogens is 212 g/mol. The van der Waals surface area contributed by atoms with E-state index in [1.54, 1.807) is 0 Å². The highest BCUT2D eigenvalue weighted by Crippen LogP contribution is 2.33. The molecule has 1 saturated heterocycles. The minimum absolute atomic E-state index is 0.0250. The predicted molar refractivity (Wildman–Crippen MR) is 69.6 cm³/mol. The molecule has 1 unspecified atom stereocenters. The molecule has 0 aromatic carbocycles. The molecule has 2 aliphatic rings. The van der Waals surface area contributed by atoms with Crippen LogP contribution in [0.3, 0.4) is 0 Å². The van der Waals surface area contributed by atoms with Gasteiger partial charge in [0.2, 0.25) is 5.91 Å². The maximum atomic E-state index is 12.5. The van der Waals surface area contributed by atoms with Gasteiger partial charge in [-0.3, -0.25) is 4.79 Å². The SMILES string of the molecule is CC1(C)C(=O)N(C2CCCCCC2)CCC1N. The van der Waals surface area contributed by atoms with Gasteiger partial charge in [0.25, 0.3) is 0 Å². The Hall–Kier alpha value is -0.570. The molecular formula is C14H26N2O. The lowest BCUT2D eigenvalue weighted by molar-refractivity contribution is -0.148. The Balaban J connectivity index is 2.08. The van der Waals surface area contributed by atoms with Crippen molar-refractivity contribution in [1.82, 2.24) is 4.90 Å². The van der Waals surface area contributed by atoms with Crippen molar-refractivity contribution < 1.29 is 4.79 Å². The number of rotatable bonds is 1. The number of hydrogen-bond donors (Lipinski definition) is 1. The molecule has 0 radical (unpaired) electrons. The largest absolute Gasteiger partial charge is 0.339 e. The monoisotopic (exact) mass is 238 g/mol. The van der Waals surface area contributed by atoms with Crippen LogP contribution in [0.15, 0.2) is 0 Å². The molecule has 17 heavy (non-hydrogen) atoms. The van der Waals surface area contributed by atoms with Crippen LogP contribution in [0.25, 0.3) is 0 Å². The molecule has 1 saturated carbocycles. The number of amides is 1. The van der Waals surface area contributed by atoms with Gasteiger partial charge >= 0.3 is 0 Å². The van der Waals surface area contributed by atoms with E-state index in [1.807, 2.05) is 13.8 Å². The van der Waals surface area contributed by atoms with E-state index < -0.39 is 0 Å². The summed E-state index contributed by atoms with van der Waals surface area (Å²) in [5.74, 6) is 0.281. The Morgan fingerprint density at radius 1 is 1.12 bits per heavy atom. The molecule has 2 rings (SSSR count). The van der Waals surface area contributed by atoms with Gasteiger partial charge in [0.1, 0.15) is 0 Å². The highest BCUT2D eigenvalue weighted by molar-refractivity contribution is 5.84. The molecule has 1 atom stereocenters. The van der Waals surface area contributed by atoms with Gasteiger partial charge in [0.15, 0.2) is 0 Å². The highest BCUT2D eigenvalue weighted by Gasteiger charge is 2.43. The van der Waals surface area contributed by atoms with Gasteiger partial charge in [-0.25, -0.2) is 0 Å². The van der Waals surface area contributed by atoms with Gasteiger partial charge in [-0.05, 0) is 33.1 Å². The third kappa shape index (κ3) is 2.49. The van der Waals surface area contributed by atoms with Crippen molar-refractivity contribution in [2.75, 3.05) is 6.54 Å². The highest BCUT2D eigenvalue weighted by atomic mass is 16.2. The van der Waals surface area contributed by atoms with E-state index in [2.05, 4.69) is 4.90 Å². The second kappa shape index (κ2) is 4.97. The van der Waals surface area contributed by atoms with Crippen LogP contribution in [0, 0.1) is 5.41 Å². The van der Waals surface area contributed by atoms with Crippen LogP contribution in [-0.2, 0) is 4.79 Å². The molecule has 1 aliphatic heterocycles. The van der Waals surface area contributed by atoms with Crippen LogP contribution < -0.4 is 5.73 Å². The molecule has 1 aliphatic carbocycles. The predicted octanol–water partition coefficient (Wildman–Crippen LogP) is 2.29. The molecule has 0 bridgehead atoms. The molecule has 3 heteroatoms. The third-order valence-corrected chi connectivity index (χ3v) is 4.69. The summed E-state index contributed by atoms with van der Waals surface area (Å²) in [4.78, 5) is 14.6. The second-order valence-corrected chi connectivity index (χ2v) is 6.26. The van der Waals surface area contributed by atoms with Gasteiger partial charge in [0.05, 0.1) is 5.41 Å². The second-order valence-electron chi connectivity index (χ2n) is 6.26. The summed E-state index contributed by atoms with van der Waals surface area (Å²) in [6.45, 7) is 4.87. The molecule has 0 spiro atoms. The van der Waals surface area contributed by atoms with E-state index in [0.717, 1.165) is 13.0 Å². The van der Waals surface area contributed by atoms with E-state index in [1.165, 1.54) is 38.5 Å². The average Bonchev–Trinajstić information content (AvgIpc) is 2.56. The zero-order valence-electron chi connectivity index (χ0n) is 11.2. The fourth-order valence-corrected chi connectivity index (χ4v) is 3.19. The first kappa shape index (κ1) is 12.9. The number of piperidine rings is 1. The van der Waals surface area contributed by atoms with Crippen LogP contribution in [0.5, 0.6) is 0 Å². The average molecular weight is 238 g/mol. The Morgan fingerprint density at radius 3 is 2.29 bits per heavy atom. The summed E-state index contributed by atoms with van der Waals surface area (Å²) in [5.41, 5.74) is 5.71. The van der Waals surface area contributed by atoms with Crippen molar-refractivity contribution in [2.24, 2.45) is 11.1 Å². The Morgan fingerprint density at radius 2 is 1.71 bits per heavy atom. The maximum Gasteiger partial charge on any atom is 0.230 e. The van der Waals surface area contributed by atoms with Crippen LogP contribution in [0.2, 0.25) is 0 Å². The van der Waals surface area contributed by atoms with Crippen LogP contribution >= 0.6 is 0 Å². The van der Waals surface area contributed by atoms with Crippen molar-refractivity contribution in [1.29, 1.82) is 0 Å². The number of carbonyl (C=O) groups is 1. The summed E-state index contributed by atoms with van der Waals surface area (Å²) >= 11 is 0. The van der Waals surface area contributed by atoms with Crippen molar-refractivity contribution in [3.8, 4) is 0 Å². The molecule has 98 valence electrons. The van der Waals surface area contributed by atoms with E-state index in [9.17, 15) is 4.79 Å². The van der Waals surface area contributed by atoms with Crippen molar-refractivity contribution in [3.05, 3.63) is 0 Å². The molecule has 0 aromatic heterocycles. The normalized spacial score (nSPS) is 31.4. The van der Waals surface area contributed by atoms with Gasteiger partial charge in [-0.2, -0.15) is 0 Å². The number of carbonyl (C=O) groups excluding carboxylic acids is 1. The van der Waals surface area contributed by atoms with Crippen molar-refractivity contribution in [2.45, 2.75) is 70.9 Å². The summed E-state index contributed by atoms with van der Waals surface area (Å²) in [6, 6.07) is 0.508. The minimum Gasteiger partial charge on any atom is -0.339 e. The van der Waals surface area contributed by atoms with Crippen LogP contribution in [0.4, 0.5) is 0 Å². The zero-order chi connectivity index (χ0) is 12.5. The standard InChI is InChI=1S/C14H26N2O/c1-14(2)12(15)9-10-16(13(14)17)11-7-5-3-4-6-8-11/h11-12H,3-10,15H2,1-2H3. The topological polar surface area (TPSA) is 46.3 Å². The molecule has 1 heterocycles. The number of nitrogens with zero attached hydrogens (tertiary/aromatic N) is 1. The zero-order valence-corrected chi connectivity index (χ0v) is 11.2. The third-order valence-electron chi connectivity index (χ3n) is 4.69. The molecule has 3 nitrogen and oxygen atoms in total. The van der Waals surface area contributed by atoms with Crippen LogP contribution in [-0.4, -0.2) is 29.4 Å². The first-order valence-electron chi connectivity index (χ1n) is 7.10. The Kier molecular flexibility index (Phi) is 3.76. The lowest BCUT2D eigenvalue weighted by Crippen LogP contribution is -2.58. The van der Waals surface area contributed by atoms with E-state index in [-0.39, 0.29) is 17.4 Å². The summed E-state index contributed by atoms with van der Waals surface area (Å²) in [6.07, 6.45) is 8.56. The van der Waals surface area contributed by atoms with Gasteiger partial charge in [0, 0.05) is 18.6 Å². The number of hydrogen-bond acceptors (Lipinski definition) is 2. The fourth-order valence-electron chi connectivity index (χ4n) is 3.19. The van der Waals surface area contributed by atoms with Crippen molar-refractivity contribution >= 4 is 5.91 Å². The van der Waals surface area contributed by atoms with Crippen molar-refractivity contribution in [3.63, 3.8) is 0 Å². The van der Waals surface area contributed by atoms with E-state index in [4.69, 9.17) is 5.73 Å². The number of likely N-dealkylation sites (tertiary alicyclic amines) is 1. The Labute approximate surface area is 105 Å². The molecule has 0 aromatic rings. The molecule has 1 amide bonds. The smallest absolute Gasteiger partial charge is 0.230 e. The Bertz CT molecular complexity index is 280. The molecule has 2 N–H and O–H groups in total. The summed E-state index contributed by atoms with van der Waals surface area (Å²) in [5, 5.41) is 0. The van der Waals surface area contributed by atoms with Gasteiger partial charge < -0.3 is 10.6 Å². The first-order valence-corrected chi connectivity index (χ1v) is 7.10. The van der Waals surface area contributed by atoms with E-state index >= 15 is 0 Å². The minimum atomic E-state index is -0.370. The van der Waals surface area contributed by atoms with E-state index in [0.29, 0.717) is 6.04 Å².